The van der Waals surface area contributed by atoms with Gasteiger partial charge >= 0.3 is 5.97 Å². The quantitative estimate of drug-likeness (QED) is 0.186. The lowest BCUT2D eigenvalue weighted by atomic mass is 10.0. The standard InChI is InChI=1S/C29H25Cl3N2O5/c1-37-25-11-10-19(12-27(25)38-2)26(13-20-21(30)15-33-16-22(20)31)39-29(36)18-8-6-17(7-9-18)14-34-23-4-3-5-24(35)28(23)32/h3-12,15-16,26,34-35H,13-14H2,1-2H3/t26-/m0/s1. The number of hydrogen-bond donors (Lipinski definition) is 2. The molecule has 1 atom stereocenters. The highest BCUT2D eigenvalue weighted by Crippen LogP contribution is 2.36. The number of nitrogens with zero attached hydrogens (tertiary/aromatic N) is 1. The molecule has 1 aromatic heterocycles. The third-order valence-electron chi connectivity index (χ3n) is 6.02. The molecular formula is C29H25Cl3N2O5. The van der Waals surface area contributed by atoms with Gasteiger partial charge in [0.15, 0.2) is 11.5 Å². The van der Waals surface area contributed by atoms with E-state index in [1.165, 1.54) is 25.6 Å². The lowest BCUT2D eigenvalue weighted by Crippen LogP contribution is -2.15. The molecule has 2 N–H and O–H groups in total. The number of aromatic hydroxyl groups is 1. The second-order valence-electron chi connectivity index (χ2n) is 8.48. The number of methoxy groups -OCH3 is 2. The highest BCUT2D eigenvalue weighted by atomic mass is 35.5. The minimum atomic E-state index is -0.732. The molecule has 0 fully saturated rings. The van der Waals surface area contributed by atoms with Crippen LogP contribution in [0.5, 0.6) is 17.2 Å². The Bertz CT molecular complexity index is 1440. The fourth-order valence-corrected chi connectivity index (χ4v) is 4.62. The van der Waals surface area contributed by atoms with Crippen molar-refractivity contribution in [3.8, 4) is 17.2 Å². The number of carbonyl (C=O) groups is 1. The Morgan fingerprint density at radius 2 is 1.64 bits per heavy atom. The van der Waals surface area contributed by atoms with Crippen LogP contribution in [0.3, 0.4) is 0 Å². The van der Waals surface area contributed by atoms with Crippen molar-refractivity contribution in [1.29, 1.82) is 0 Å². The maximum atomic E-state index is 13.2. The van der Waals surface area contributed by atoms with Gasteiger partial charge in [-0.2, -0.15) is 0 Å². The van der Waals surface area contributed by atoms with E-state index in [0.29, 0.717) is 50.5 Å². The van der Waals surface area contributed by atoms with Gasteiger partial charge in [0.05, 0.1) is 35.5 Å². The van der Waals surface area contributed by atoms with Crippen LogP contribution < -0.4 is 14.8 Å². The molecule has 0 bridgehead atoms. The Balaban J connectivity index is 1.54. The molecule has 0 spiro atoms. The molecule has 0 amide bonds. The number of ether oxygens (including phenoxy) is 3. The predicted octanol–water partition coefficient (Wildman–Crippen LogP) is 7.52. The summed E-state index contributed by atoms with van der Waals surface area (Å²) in [5.74, 6) is 0.513. The van der Waals surface area contributed by atoms with Crippen molar-refractivity contribution in [3.63, 3.8) is 0 Å². The molecule has 10 heteroatoms. The van der Waals surface area contributed by atoms with Crippen molar-refractivity contribution >= 4 is 46.5 Å². The zero-order chi connectivity index (χ0) is 27.9. The molecule has 202 valence electrons. The van der Waals surface area contributed by atoms with Crippen LogP contribution in [-0.4, -0.2) is 30.3 Å². The zero-order valence-corrected chi connectivity index (χ0v) is 23.3. The van der Waals surface area contributed by atoms with Crippen LogP contribution in [0.15, 0.2) is 73.1 Å². The first kappa shape index (κ1) is 28.4. The number of halogens is 3. The van der Waals surface area contributed by atoms with E-state index in [9.17, 15) is 9.90 Å². The van der Waals surface area contributed by atoms with Gasteiger partial charge in [-0.25, -0.2) is 4.79 Å². The molecule has 7 nitrogen and oxygen atoms in total. The molecule has 39 heavy (non-hydrogen) atoms. The van der Waals surface area contributed by atoms with Gasteiger partial charge in [-0.15, -0.1) is 0 Å². The fourth-order valence-electron chi connectivity index (χ4n) is 3.91. The second kappa shape index (κ2) is 12.9. The lowest BCUT2D eigenvalue weighted by molar-refractivity contribution is 0.0297. The van der Waals surface area contributed by atoms with E-state index in [4.69, 9.17) is 49.0 Å². The molecule has 0 aliphatic rings. The topological polar surface area (TPSA) is 89.9 Å². The number of carbonyl (C=O) groups excluding carboxylic acids is 1. The third kappa shape index (κ3) is 6.87. The Kier molecular flexibility index (Phi) is 9.41. The van der Waals surface area contributed by atoms with Gasteiger partial charge in [-0.05, 0) is 53.1 Å². The van der Waals surface area contributed by atoms with Crippen LogP contribution in [0.25, 0.3) is 0 Å². The number of nitrogens with one attached hydrogen (secondary N) is 1. The minimum absolute atomic E-state index is 0.00173. The zero-order valence-electron chi connectivity index (χ0n) is 21.1. The van der Waals surface area contributed by atoms with Crippen molar-refractivity contribution < 1.29 is 24.1 Å². The lowest BCUT2D eigenvalue weighted by Gasteiger charge is -2.21. The summed E-state index contributed by atoms with van der Waals surface area (Å²) < 4.78 is 16.8. The van der Waals surface area contributed by atoms with Gasteiger partial charge in [-0.3, -0.25) is 4.98 Å². The summed E-state index contributed by atoms with van der Waals surface area (Å²) in [5, 5.41) is 13.9. The number of anilines is 1. The van der Waals surface area contributed by atoms with Crippen LogP contribution in [0.4, 0.5) is 5.69 Å². The first-order valence-electron chi connectivity index (χ1n) is 11.8. The van der Waals surface area contributed by atoms with Gasteiger partial charge in [0.25, 0.3) is 0 Å². The van der Waals surface area contributed by atoms with Gasteiger partial charge in [0.1, 0.15) is 16.9 Å². The molecule has 0 radical (unpaired) electrons. The molecule has 0 unspecified atom stereocenters. The number of esters is 1. The average Bonchev–Trinajstić information content (AvgIpc) is 2.95. The summed E-state index contributed by atoms with van der Waals surface area (Å²) in [7, 11) is 3.08. The van der Waals surface area contributed by atoms with E-state index in [2.05, 4.69) is 10.3 Å². The average molecular weight is 588 g/mol. The molecule has 0 saturated carbocycles. The summed E-state index contributed by atoms with van der Waals surface area (Å²) in [6, 6.07) is 17.2. The van der Waals surface area contributed by atoms with E-state index in [1.807, 2.05) is 12.1 Å². The Morgan fingerprint density at radius 1 is 0.949 bits per heavy atom. The SMILES string of the molecule is COc1ccc([C@H](Cc2c(Cl)cncc2Cl)OC(=O)c2ccc(CNc3cccc(O)c3Cl)cc2)cc1OC. The highest BCUT2D eigenvalue weighted by Gasteiger charge is 2.23. The Hall–Kier alpha value is -3.65. The maximum absolute atomic E-state index is 13.2. The van der Waals surface area contributed by atoms with E-state index >= 15 is 0 Å². The summed E-state index contributed by atoms with van der Waals surface area (Å²) in [5.41, 5.74) is 3.15. The summed E-state index contributed by atoms with van der Waals surface area (Å²) >= 11 is 18.9. The van der Waals surface area contributed by atoms with Crippen molar-refractivity contribution in [2.24, 2.45) is 0 Å². The third-order valence-corrected chi connectivity index (χ3v) is 7.07. The van der Waals surface area contributed by atoms with Crippen molar-refractivity contribution in [2.45, 2.75) is 19.1 Å². The summed E-state index contributed by atoms with van der Waals surface area (Å²) in [6.45, 7) is 0.436. The molecule has 0 aliphatic carbocycles. The molecular weight excluding hydrogens is 563 g/mol. The monoisotopic (exact) mass is 586 g/mol. The normalized spacial score (nSPS) is 11.5. The summed E-state index contributed by atoms with van der Waals surface area (Å²) in [6.07, 6.45) is 2.47. The van der Waals surface area contributed by atoms with Gasteiger partial charge in [0.2, 0.25) is 0 Å². The molecule has 1 heterocycles. The number of phenols is 1. The number of hydrogen-bond acceptors (Lipinski definition) is 7. The number of rotatable bonds is 10. The maximum Gasteiger partial charge on any atom is 0.338 e. The molecule has 4 rings (SSSR count). The van der Waals surface area contributed by atoms with E-state index in [0.717, 1.165) is 5.56 Å². The second-order valence-corrected chi connectivity index (χ2v) is 9.68. The minimum Gasteiger partial charge on any atom is -0.506 e. The van der Waals surface area contributed by atoms with Crippen molar-refractivity contribution in [2.75, 3.05) is 19.5 Å². The first-order valence-corrected chi connectivity index (χ1v) is 12.9. The number of pyridine rings is 1. The first-order chi connectivity index (χ1) is 18.8. The highest BCUT2D eigenvalue weighted by molar-refractivity contribution is 6.35. The van der Waals surface area contributed by atoms with E-state index < -0.39 is 12.1 Å². The van der Waals surface area contributed by atoms with Crippen LogP contribution >= 0.6 is 34.8 Å². The van der Waals surface area contributed by atoms with Gasteiger partial charge < -0.3 is 24.6 Å². The fraction of sp³-hybridized carbons (Fsp3) is 0.172. The van der Waals surface area contributed by atoms with E-state index in [-0.39, 0.29) is 17.2 Å². The van der Waals surface area contributed by atoms with Crippen LogP contribution in [0.2, 0.25) is 15.1 Å². The number of phenolic OH excluding ortho intramolecular Hbond substituents is 1. The van der Waals surface area contributed by atoms with Crippen molar-refractivity contribution in [1.82, 2.24) is 4.98 Å². The summed E-state index contributed by atoms with van der Waals surface area (Å²) in [4.78, 5) is 17.2. The van der Waals surface area contributed by atoms with Gasteiger partial charge in [0, 0.05) is 25.4 Å². The number of benzene rings is 3. The van der Waals surface area contributed by atoms with E-state index in [1.54, 1.807) is 49.6 Å². The van der Waals surface area contributed by atoms with Crippen LogP contribution in [-0.2, 0) is 17.7 Å². The smallest absolute Gasteiger partial charge is 0.338 e. The number of aromatic nitrogens is 1. The Morgan fingerprint density at radius 3 is 2.31 bits per heavy atom. The molecule has 0 aliphatic heterocycles. The van der Waals surface area contributed by atoms with Crippen molar-refractivity contribution in [3.05, 3.63) is 110 Å². The van der Waals surface area contributed by atoms with Gasteiger partial charge in [-0.1, -0.05) is 59.1 Å². The molecule has 4 aromatic rings. The van der Waals surface area contributed by atoms with Crippen LogP contribution in [0, 0.1) is 0 Å². The Labute approximate surface area is 241 Å². The predicted molar refractivity (Wildman–Crippen MR) is 153 cm³/mol. The van der Waals surface area contributed by atoms with Crippen LogP contribution in [0.1, 0.15) is 33.2 Å². The molecule has 3 aromatic carbocycles. The molecule has 0 saturated heterocycles. The largest absolute Gasteiger partial charge is 0.506 e.